The summed E-state index contributed by atoms with van der Waals surface area (Å²) in [5.74, 6) is -0.219. The Kier molecular flexibility index (Phi) is 2.97. The maximum atomic E-state index is 11.5. The van der Waals surface area contributed by atoms with E-state index in [4.69, 9.17) is 10.5 Å². The van der Waals surface area contributed by atoms with Gasteiger partial charge < -0.3 is 15.4 Å². The summed E-state index contributed by atoms with van der Waals surface area (Å²) in [5.41, 5.74) is 4.34. The van der Waals surface area contributed by atoms with Gasteiger partial charge in [0.1, 0.15) is 5.75 Å². The molecule has 2 amide bonds. The first-order valence-corrected chi connectivity index (χ1v) is 5.16. The summed E-state index contributed by atoms with van der Waals surface area (Å²) in [6, 6.07) is 8.93. The number of β-lactam (4-membered cyclic amide) rings is 1. The van der Waals surface area contributed by atoms with E-state index in [0.717, 1.165) is 0 Å². The van der Waals surface area contributed by atoms with Crippen LogP contribution in [0.25, 0.3) is 0 Å². The second-order valence-corrected chi connectivity index (χ2v) is 3.80. The molecule has 1 heterocycles. The highest BCUT2D eigenvalue weighted by Gasteiger charge is 2.43. The smallest absolute Gasteiger partial charge is 0.262 e. The van der Waals surface area contributed by atoms with Gasteiger partial charge in [-0.15, -0.1) is 0 Å². The molecule has 6 heteroatoms. The van der Waals surface area contributed by atoms with Crippen LogP contribution >= 0.6 is 0 Å². The second-order valence-electron chi connectivity index (χ2n) is 3.80. The highest BCUT2D eigenvalue weighted by Crippen LogP contribution is 2.08. The van der Waals surface area contributed by atoms with Crippen molar-refractivity contribution in [1.82, 2.24) is 10.6 Å². The first-order valence-electron chi connectivity index (χ1n) is 5.16. The number of rotatable bonds is 4. The van der Waals surface area contributed by atoms with E-state index in [2.05, 4.69) is 10.6 Å². The number of ether oxygens (including phenoxy) is 1. The molecule has 17 heavy (non-hydrogen) atoms. The van der Waals surface area contributed by atoms with Gasteiger partial charge in [0.05, 0.1) is 6.54 Å². The zero-order chi connectivity index (χ0) is 12.3. The molecule has 1 atom stereocenters. The van der Waals surface area contributed by atoms with Crippen molar-refractivity contribution in [3.05, 3.63) is 30.3 Å². The van der Waals surface area contributed by atoms with Gasteiger partial charge in [-0.1, -0.05) is 18.2 Å². The lowest BCUT2D eigenvalue weighted by Crippen LogP contribution is -2.78. The third-order valence-corrected chi connectivity index (χ3v) is 2.41. The summed E-state index contributed by atoms with van der Waals surface area (Å²) < 4.78 is 5.22. The Morgan fingerprint density at radius 3 is 2.71 bits per heavy atom. The van der Waals surface area contributed by atoms with Crippen LogP contribution in [-0.4, -0.2) is 30.6 Å². The molecule has 6 nitrogen and oxygen atoms in total. The van der Waals surface area contributed by atoms with Crippen LogP contribution < -0.4 is 21.1 Å². The quantitative estimate of drug-likeness (QED) is 0.459. The van der Waals surface area contributed by atoms with Gasteiger partial charge in [-0.3, -0.25) is 15.3 Å². The molecule has 0 bridgehead atoms. The molecular weight excluding hydrogens is 222 g/mol. The van der Waals surface area contributed by atoms with E-state index in [1.165, 1.54) is 0 Å². The van der Waals surface area contributed by atoms with E-state index >= 15 is 0 Å². The van der Waals surface area contributed by atoms with Crippen LogP contribution in [0.4, 0.5) is 0 Å². The number of carbonyl (C=O) groups excluding carboxylic acids is 2. The van der Waals surface area contributed by atoms with E-state index in [1.807, 2.05) is 6.07 Å². The Balaban J connectivity index is 1.80. The maximum absolute atomic E-state index is 11.5. The van der Waals surface area contributed by atoms with Crippen molar-refractivity contribution in [2.45, 2.75) is 5.66 Å². The van der Waals surface area contributed by atoms with Gasteiger partial charge in [0.25, 0.3) is 11.8 Å². The number of benzene rings is 1. The number of amides is 2. The molecule has 0 spiro atoms. The van der Waals surface area contributed by atoms with Gasteiger partial charge in [-0.2, -0.15) is 0 Å². The van der Waals surface area contributed by atoms with Crippen LogP contribution in [0.15, 0.2) is 30.3 Å². The lowest BCUT2D eigenvalue weighted by atomic mass is 10.0. The fourth-order valence-corrected chi connectivity index (χ4v) is 1.40. The van der Waals surface area contributed by atoms with Gasteiger partial charge in [0, 0.05) is 0 Å². The van der Waals surface area contributed by atoms with Crippen molar-refractivity contribution >= 4 is 11.8 Å². The number of nitrogens with two attached hydrogens (primary N) is 1. The monoisotopic (exact) mass is 235 g/mol. The molecule has 1 saturated heterocycles. The summed E-state index contributed by atoms with van der Waals surface area (Å²) in [7, 11) is 0. The molecule has 90 valence electrons. The largest absolute Gasteiger partial charge is 0.484 e. The topological polar surface area (TPSA) is 93.4 Å². The molecule has 1 aliphatic rings. The van der Waals surface area contributed by atoms with Gasteiger partial charge in [-0.25, -0.2) is 0 Å². The molecular formula is C11H13N3O3. The van der Waals surface area contributed by atoms with Gasteiger partial charge >= 0.3 is 0 Å². The average Bonchev–Trinajstić information content (AvgIpc) is 2.36. The van der Waals surface area contributed by atoms with Crippen molar-refractivity contribution in [2.75, 3.05) is 13.2 Å². The molecule has 0 radical (unpaired) electrons. The van der Waals surface area contributed by atoms with Crippen LogP contribution in [0, 0.1) is 0 Å². The summed E-state index contributed by atoms with van der Waals surface area (Å²) in [6.07, 6.45) is 0. The average molecular weight is 235 g/mol. The van der Waals surface area contributed by atoms with E-state index in [0.29, 0.717) is 5.75 Å². The van der Waals surface area contributed by atoms with Crippen LogP contribution in [0.3, 0.4) is 0 Å². The van der Waals surface area contributed by atoms with Crippen molar-refractivity contribution in [3.8, 4) is 5.75 Å². The van der Waals surface area contributed by atoms with E-state index in [1.54, 1.807) is 24.3 Å². The summed E-state index contributed by atoms with van der Waals surface area (Å²) in [6.45, 7) is 0.0686. The highest BCUT2D eigenvalue weighted by atomic mass is 16.5. The first kappa shape index (κ1) is 11.4. The van der Waals surface area contributed by atoms with Crippen LogP contribution in [-0.2, 0) is 9.59 Å². The Morgan fingerprint density at radius 1 is 1.47 bits per heavy atom. The predicted molar refractivity (Wildman–Crippen MR) is 60.0 cm³/mol. The highest BCUT2D eigenvalue weighted by molar-refractivity contribution is 5.96. The Hall–Kier alpha value is -2.08. The molecule has 4 N–H and O–H groups in total. The van der Waals surface area contributed by atoms with E-state index in [-0.39, 0.29) is 19.1 Å². The Labute approximate surface area is 98.1 Å². The summed E-state index contributed by atoms with van der Waals surface area (Å²) in [4.78, 5) is 22.5. The lowest BCUT2D eigenvalue weighted by Gasteiger charge is -2.37. The molecule has 1 aromatic rings. The normalized spacial score (nSPS) is 22.3. The summed E-state index contributed by atoms with van der Waals surface area (Å²) >= 11 is 0. The number of nitrogens with one attached hydrogen (secondary N) is 2. The van der Waals surface area contributed by atoms with E-state index in [9.17, 15) is 9.59 Å². The van der Waals surface area contributed by atoms with Crippen molar-refractivity contribution in [2.24, 2.45) is 5.73 Å². The van der Waals surface area contributed by atoms with E-state index < -0.39 is 11.6 Å². The van der Waals surface area contributed by atoms with Crippen LogP contribution in [0.1, 0.15) is 0 Å². The molecule has 0 aromatic heterocycles. The number of hydrogen-bond donors (Lipinski definition) is 3. The number of carbonyl (C=O) groups is 2. The standard InChI is InChI=1S/C11H13N3O3/c12-11(7-13-10(11)16)14-9(15)6-17-8-4-2-1-3-5-8/h1-5H,6-7,12H2,(H,13,16)(H,14,15). The van der Waals surface area contributed by atoms with Gasteiger partial charge in [0.15, 0.2) is 12.3 Å². The minimum Gasteiger partial charge on any atom is -0.484 e. The van der Waals surface area contributed by atoms with Crippen LogP contribution in [0.5, 0.6) is 5.75 Å². The van der Waals surface area contributed by atoms with Crippen molar-refractivity contribution < 1.29 is 14.3 Å². The minimum absolute atomic E-state index is 0.170. The van der Waals surface area contributed by atoms with Crippen LogP contribution in [0.2, 0.25) is 0 Å². The SMILES string of the molecule is NC1(NC(=O)COc2ccccc2)CNC1=O. The zero-order valence-corrected chi connectivity index (χ0v) is 9.10. The minimum atomic E-state index is -1.28. The van der Waals surface area contributed by atoms with Crippen molar-refractivity contribution in [1.29, 1.82) is 0 Å². The third-order valence-electron chi connectivity index (χ3n) is 2.41. The van der Waals surface area contributed by atoms with Gasteiger partial charge in [0.2, 0.25) is 0 Å². The predicted octanol–water partition coefficient (Wildman–Crippen LogP) is -1.03. The molecule has 0 saturated carbocycles. The maximum Gasteiger partial charge on any atom is 0.262 e. The molecule has 1 fully saturated rings. The second kappa shape index (κ2) is 4.42. The number of para-hydroxylation sites is 1. The fourth-order valence-electron chi connectivity index (χ4n) is 1.40. The molecule has 2 rings (SSSR count). The fraction of sp³-hybridized carbons (Fsp3) is 0.273. The first-order chi connectivity index (χ1) is 8.10. The molecule has 0 aliphatic carbocycles. The van der Waals surface area contributed by atoms with Gasteiger partial charge in [-0.05, 0) is 12.1 Å². The van der Waals surface area contributed by atoms with Crippen molar-refractivity contribution in [3.63, 3.8) is 0 Å². The molecule has 1 aromatic carbocycles. The summed E-state index contributed by atoms with van der Waals surface area (Å²) in [5, 5.41) is 4.87. The lowest BCUT2D eigenvalue weighted by molar-refractivity contribution is -0.140. The zero-order valence-electron chi connectivity index (χ0n) is 9.10. The Morgan fingerprint density at radius 2 is 2.18 bits per heavy atom. The third kappa shape index (κ3) is 2.54. The molecule has 1 aliphatic heterocycles. The molecule has 1 unspecified atom stereocenters. The Bertz CT molecular complexity index is 435. The number of hydrogen-bond acceptors (Lipinski definition) is 4.